The van der Waals surface area contributed by atoms with Gasteiger partial charge in [0.25, 0.3) is 0 Å². The number of esters is 1. The lowest BCUT2D eigenvalue weighted by atomic mass is 10.0. The third kappa shape index (κ3) is 13.6. The molecule has 0 aromatic carbocycles. The predicted molar refractivity (Wildman–Crippen MR) is 118 cm³/mol. The van der Waals surface area contributed by atoms with Crippen molar-refractivity contribution < 1.29 is 33.5 Å². The standard InChI is InChI=1S/C22H37N3O7/c1-6-18(27)9-16(8-14(3)26)24-21(30)12-17(10-19(28)7-2)25-20(29)11-15(23-4)13-22(31)32-5/h15-17,23H,6-13H2,1-5H3,(H,24,30)(H,25,29). The average molecular weight is 456 g/mol. The van der Waals surface area contributed by atoms with Crippen LogP contribution in [-0.2, 0) is 33.5 Å². The van der Waals surface area contributed by atoms with E-state index in [9.17, 15) is 28.8 Å². The van der Waals surface area contributed by atoms with Crippen molar-refractivity contribution in [3.05, 3.63) is 0 Å². The Labute approximate surface area is 189 Å². The van der Waals surface area contributed by atoms with Crippen molar-refractivity contribution in [2.24, 2.45) is 0 Å². The van der Waals surface area contributed by atoms with Crippen LogP contribution in [0.1, 0.15) is 72.1 Å². The minimum absolute atomic E-state index is 0.00233. The van der Waals surface area contributed by atoms with Crippen LogP contribution in [0.15, 0.2) is 0 Å². The lowest BCUT2D eigenvalue weighted by Gasteiger charge is -2.22. The fourth-order valence-corrected chi connectivity index (χ4v) is 3.12. The van der Waals surface area contributed by atoms with Crippen molar-refractivity contribution in [2.45, 2.75) is 90.3 Å². The summed E-state index contributed by atoms with van der Waals surface area (Å²) in [5, 5.41) is 8.23. The minimum atomic E-state index is -0.745. The first-order valence-electron chi connectivity index (χ1n) is 10.9. The zero-order chi connectivity index (χ0) is 24.7. The van der Waals surface area contributed by atoms with Gasteiger partial charge in [0.1, 0.15) is 17.3 Å². The second kappa shape index (κ2) is 16.1. The van der Waals surface area contributed by atoms with Crippen LogP contribution >= 0.6 is 0 Å². The van der Waals surface area contributed by atoms with Gasteiger partial charge in [0.2, 0.25) is 11.8 Å². The van der Waals surface area contributed by atoms with Gasteiger partial charge in [0, 0.05) is 63.1 Å². The van der Waals surface area contributed by atoms with E-state index >= 15 is 0 Å². The summed E-state index contributed by atoms with van der Waals surface area (Å²) in [6, 6.07) is -1.83. The van der Waals surface area contributed by atoms with Crippen LogP contribution in [0.25, 0.3) is 0 Å². The second-order valence-corrected chi connectivity index (χ2v) is 7.80. The number of amides is 2. The average Bonchev–Trinajstić information content (AvgIpc) is 2.71. The van der Waals surface area contributed by atoms with E-state index in [1.165, 1.54) is 14.0 Å². The van der Waals surface area contributed by atoms with Crippen molar-refractivity contribution in [1.29, 1.82) is 0 Å². The van der Waals surface area contributed by atoms with E-state index < -0.39 is 35.9 Å². The lowest BCUT2D eigenvalue weighted by molar-refractivity contribution is -0.141. The largest absolute Gasteiger partial charge is 0.469 e. The highest BCUT2D eigenvalue weighted by Crippen LogP contribution is 2.08. The number of ether oxygens (including phenoxy) is 1. The monoisotopic (exact) mass is 455 g/mol. The van der Waals surface area contributed by atoms with E-state index in [1.54, 1.807) is 20.9 Å². The SMILES string of the molecule is CCC(=O)CC(CC(C)=O)NC(=O)CC(CC(=O)CC)NC(=O)CC(CC(=O)OC)NC. The van der Waals surface area contributed by atoms with Gasteiger partial charge in [-0.3, -0.25) is 28.8 Å². The quantitative estimate of drug-likeness (QED) is 0.270. The normalized spacial score (nSPS) is 13.4. The van der Waals surface area contributed by atoms with Gasteiger partial charge in [-0.25, -0.2) is 0 Å². The summed E-state index contributed by atoms with van der Waals surface area (Å²) in [4.78, 5) is 71.7. The molecule has 3 N–H and O–H groups in total. The topological polar surface area (TPSA) is 148 Å². The van der Waals surface area contributed by atoms with E-state index in [4.69, 9.17) is 0 Å². The number of hydrogen-bond donors (Lipinski definition) is 3. The van der Waals surface area contributed by atoms with Gasteiger partial charge in [-0.15, -0.1) is 0 Å². The van der Waals surface area contributed by atoms with E-state index in [1.807, 2.05) is 0 Å². The van der Waals surface area contributed by atoms with Gasteiger partial charge in [0.05, 0.1) is 13.5 Å². The van der Waals surface area contributed by atoms with E-state index in [0.29, 0.717) is 6.42 Å². The zero-order valence-corrected chi connectivity index (χ0v) is 19.7. The molecule has 182 valence electrons. The highest BCUT2D eigenvalue weighted by molar-refractivity contribution is 5.86. The second-order valence-electron chi connectivity index (χ2n) is 7.80. The molecule has 0 radical (unpaired) electrons. The fourth-order valence-electron chi connectivity index (χ4n) is 3.12. The number of hydrogen-bond acceptors (Lipinski definition) is 8. The number of carbonyl (C=O) groups is 6. The lowest BCUT2D eigenvalue weighted by Crippen LogP contribution is -2.45. The van der Waals surface area contributed by atoms with Crippen LogP contribution in [0.2, 0.25) is 0 Å². The molecule has 0 aliphatic rings. The summed E-state index contributed by atoms with van der Waals surface area (Å²) >= 11 is 0. The van der Waals surface area contributed by atoms with Crippen LogP contribution in [0.5, 0.6) is 0 Å². The van der Waals surface area contributed by atoms with Gasteiger partial charge < -0.3 is 20.7 Å². The van der Waals surface area contributed by atoms with Crippen LogP contribution in [0.4, 0.5) is 0 Å². The highest BCUT2D eigenvalue weighted by atomic mass is 16.5. The predicted octanol–water partition coefficient (Wildman–Crippen LogP) is 0.605. The van der Waals surface area contributed by atoms with Crippen molar-refractivity contribution in [3.63, 3.8) is 0 Å². The third-order valence-corrected chi connectivity index (χ3v) is 4.91. The van der Waals surface area contributed by atoms with Crippen molar-refractivity contribution in [1.82, 2.24) is 16.0 Å². The summed E-state index contributed by atoms with van der Waals surface area (Å²) in [5.41, 5.74) is 0. The van der Waals surface area contributed by atoms with Gasteiger partial charge >= 0.3 is 5.97 Å². The first-order valence-corrected chi connectivity index (χ1v) is 10.9. The molecule has 2 amide bonds. The summed E-state index contributed by atoms with van der Waals surface area (Å²) in [7, 11) is 2.87. The molecule has 0 aromatic rings. The summed E-state index contributed by atoms with van der Waals surface area (Å²) in [6.45, 7) is 4.77. The van der Waals surface area contributed by atoms with Crippen molar-refractivity contribution in [2.75, 3.05) is 14.2 Å². The molecule has 0 heterocycles. The molecule has 32 heavy (non-hydrogen) atoms. The maximum atomic E-state index is 12.6. The molecule has 0 bridgehead atoms. The number of methoxy groups -OCH3 is 1. The molecular formula is C22H37N3O7. The Kier molecular flexibility index (Phi) is 14.8. The molecule has 0 fully saturated rings. The molecule has 10 heteroatoms. The Bertz CT molecular complexity index is 678. The molecule has 0 aromatic heterocycles. The molecule has 0 saturated carbocycles. The summed E-state index contributed by atoms with van der Waals surface area (Å²) in [6.07, 6.45) is 0.388. The number of Topliss-reactive ketones (excluding diaryl/α,β-unsaturated/α-hetero) is 3. The molecule has 3 unspecified atom stereocenters. The smallest absolute Gasteiger partial charge is 0.307 e. The number of ketones is 3. The Morgan fingerprint density at radius 2 is 1.12 bits per heavy atom. The summed E-state index contributed by atoms with van der Waals surface area (Å²) < 4.78 is 4.61. The molecular weight excluding hydrogens is 418 g/mol. The fraction of sp³-hybridized carbons (Fsp3) is 0.727. The highest BCUT2D eigenvalue weighted by Gasteiger charge is 2.24. The zero-order valence-electron chi connectivity index (χ0n) is 19.7. The van der Waals surface area contributed by atoms with Crippen LogP contribution in [-0.4, -0.2) is 67.4 Å². The molecule has 0 rings (SSSR count). The van der Waals surface area contributed by atoms with Crippen LogP contribution in [0.3, 0.4) is 0 Å². The van der Waals surface area contributed by atoms with E-state index in [0.717, 1.165) is 0 Å². The number of carbonyl (C=O) groups excluding carboxylic acids is 6. The van der Waals surface area contributed by atoms with Crippen LogP contribution < -0.4 is 16.0 Å². The minimum Gasteiger partial charge on any atom is -0.469 e. The number of nitrogens with one attached hydrogen (secondary N) is 3. The molecule has 3 atom stereocenters. The van der Waals surface area contributed by atoms with Crippen LogP contribution in [0, 0.1) is 0 Å². The van der Waals surface area contributed by atoms with E-state index in [2.05, 4.69) is 20.7 Å². The Morgan fingerprint density at radius 3 is 1.50 bits per heavy atom. The van der Waals surface area contributed by atoms with Crippen molar-refractivity contribution >= 4 is 35.1 Å². The Hall–Kier alpha value is -2.62. The van der Waals surface area contributed by atoms with Gasteiger partial charge in [-0.1, -0.05) is 13.8 Å². The van der Waals surface area contributed by atoms with E-state index in [-0.39, 0.29) is 62.3 Å². The maximum absolute atomic E-state index is 12.6. The first kappa shape index (κ1) is 29.4. The number of rotatable bonds is 17. The van der Waals surface area contributed by atoms with Gasteiger partial charge in [0.15, 0.2) is 0 Å². The van der Waals surface area contributed by atoms with Gasteiger partial charge in [-0.05, 0) is 14.0 Å². The third-order valence-electron chi connectivity index (χ3n) is 4.91. The Balaban J connectivity index is 5.12. The summed E-state index contributed by atoms with van der Waals surface area (Å²) in [5.74, 6) is -1.71. The molecule has 0 aliphatic carbocycles. The van der Waals surface area contributed by atoms with Crippen molar-refractivity contribution in [3.8, 4) is 0 Å². The van der Waals surface area contributed by atoms with Gasteiger partial charge in [-0.2, -0.15) is 0 Å². The first-order chi connectivity index (χ1) is 15.0. The molecule has 0 saturated heterocycles. The maximum Gasteiger partial charge on any atom is 0.307 e. The molecule has 0 aliphatic heterocycles. The molecule has 0 spiro atoms. The Morgan fingerprint density at radius 1 is 0.688 bits per heavy atom. The molecule has 10 nitrogen and oxygen atoms in total.